The molecule has 1 atom stereocenters. The molecule has 12 heteroatoms. The number of benzene rings is 2. The number of aliphatic carboxylic acids is 1. The molecule has 0 fully saturated rings. The van der Waals surface area contributed by atoms with Crippen molar-refractivity contribution < 1.29 is 46.5 Å². The van der Waals surface area contributed by atoms with E-state index in [0.29, 0.717) is 12.1 Å². The van der Waals surface area contributed by atoms with E-state index < -0.39 is 58.8 Å². The molecule has 33 heavy (non-hydrogen) atoms. The number of alkyl halides is 4. The Morgan fingerprint density at radius 3 is 2.45 bits per heavy atom. The zero-order chi connectivity index (χ0) is 24.6. The minimum Gasteiger partial charge on any atom is -0.496 e. The van der Waals surface area contributed by atoms with Gasteiger partial charge in [-0.05, 0) is 36.8 Å². The number of nitrogens with zero attached hydrogens (tertiary/aromatic N) is 1. The monoisotopic (exact) mass is 489 g/mol. The van der Waals surface area contributed by atoms with Gasteiger partial charge in [0.05, 0.1) is 25.0 Å². The topological polar surface area (TPSA) is 93.1 Å². The second kappa shape index (κ2) is 8.89. The number of imide groups is 1. The number of amides is 2. The van der Waals surface area contributed by atoms with Crippen LogP contribution in [-0.2, 0) is 26.2 Å². The quantitative estimate of drug-likeness (QED) is 0.457. The lowest BCUT2D eigenvalue weighted by molar-refractivity contribution is -0.138. The van der Waals surface area contributed by atoms with E-state index in [1.165, 1.54) is 19.2 Å². The molecule has 1 aliphatic rings. The molecule has 0 saturated heterocycles. The summed E-state index contributed by atoms with van der Waals surface area (Å²) in [6.45, 7) is -0.455. The molecule has 0 unspecified atom stereocenters. The smallest absolute Gasteiger partial charge is 0.421 e. The lowest BCUT2D eigenvalue weighted by Crippen LogP contribution is -2.42. The Bertz CT molecular complexity index is 1120. The van der Waals surface area contributed by atoms with E-state index in [1.54, 1.807) is 0 Å². The fourth-order valence-electron chi connectivity index (χ4n) is 3.40. The lowest BCUT2D eigenvalue weighted by atomic mass is 9.88. The van der Waals surface area contributed by atoms with Crippen molar-refractivity contribution >= 4 is 35.3 Å². The van der Waals surface area contributed by atoms with Crippen LogP contribution in [0.25, 0.3) is 0 Å². The van der Waals surface area contributed by atoms with Gasteiger partial charge in [-0.1, -0.05) is 17.7 Å². The average molecular weight is 490 g/mol. The van der Waals surface area contributed by atoms with Crippen LogP contribution in [-0.4, -0.2) is 36.8 Å². The Labute approximate surface area is 189 Å². The van der Waals surface area contributed by atoms with Crippen molar-refractivity contribution in [3.63, 3.8) is 0 Å². The second-order valence-electron chi connectivity index (χ2n) is 6.98. The Kier molecular flexibility index (Phi) is 6.55. The molecule has 1 N–H and O–H groups in total. The van der Waals surface area contributed by atoms with Gasteiger partial charge in [-0.2, -0.15) is 13.2 Å². The van der Waals surface area contributed by atoms with E-state index >= 15 is 4.39 Å². The van der Waals surface area contributed by atoms with E-state index in [-0.39, 0.29) is 28.5 Å². The van der Waals surface area contributed by atoms with Crippen LogP contribution in [0.5, 0.6) is 5.75 Å². The summed E-state index contributed by atoms with van der Waals surface area (Å²) in [7, 11) is 1.19. The summed E-state index contributed by atoms with van der Waals surface area (Å²) in [6.07, 6.45) is -6.78. The maximum atomic E-state index is 16.5. The number of hydrogen-bond acceptors (Lipinski definition) is 5. The highest BCUT2D eigenvalue weighted by Crippen LogP contribution is 2.51. The van der Waals surface area contributed by atoms with Crippen LogP contribution in [0, 0.1) is 0 Å². The van der Waals surface area contributed by atoms with Crippen molar-refractivity contribution in [1.29, 1.82) is 0 Å². The molecular weight excluding hydrogens is 474 g/mol. The summed E-state index contributed by atoms with van der Waals surface area (Å²) in [6, 6.07) is 5.50. The number of hydrogen-bond donors (Lipinski definition) is 1. The molecule has 0 spiro atoms. The predicted octanol–water partition coefficient (Wildman–Crippen LogP) is 4.93. The molecule has 1 aliphatic heterocycles. The van der Waals surface area contributed by atoms with Crippen molar-refractivity contribution in [2.45, 2.75) is 24.7 Å². The number of halogens is 5. The summed E-state index contributed by atoms with van der Waals surface area (Å²) in [5.41, 5.74) is -5.95. The molecule has 2 aromatic rings. The standard InChI is InChI=1S/C21H16ClF4NO6/c1-32-16-7-5-12(22)10-14(16)20(23)13-6-4-11(21(24,25)26)9-15(13)27(18(20)30)19(31)33-8-2-3-17(28)29/h4-7,9-10H,2-3,8H2,1H3,(H,28,29)/t20-/m0/s1. The minimum atomic E-state index is -4.84. The number of fused-ring (bicyclic) bond motifs is 1. The summed E-state index contributed by atoms with van der Waals surface area (Å²) >= 11 is 5.95. The number of carbonyl (C=O) groups excluding carboxylic acids is 2. The number of carboxylic acids is 1. The van der Waals surface area contributed by atoms with Gasteiger partial charge < -0.3 is 14.6 Å². The Balaban J connectivity index is 2.12. The van der Waals surface area contributed by atoms with E-state index in [0.717, 1.165) is 12.1 Å². The number of ether oxygens (including phenoxy) is 2. The van der Waals surface area contributed by atoms with Gasteiger partial charge in [0.25, 0.3) is 5.91 Å². The first-order valence-electron chi connectivity index (χ1n) is 9.39. The molecule has 0 aromatic heterocycles. The number of rotatable bonds is 6. The van der Waals surface area contributed by atoms with Crippen molar-refractivity contribution in [1.82, 2.24) is 0 Å². The lowest BCUT2D eigenvalue weighted by Gasteiger charge is -2.22. The first-order chi connectivity index (χ1) is 15.4. The molecule has 2 aromatic carbocycles. The van der Waals surface area contributed by atoms with Crippen molar-refractivity contribution in [2.24, 2.45) is 0 Å². The summed E-state index contributed by atoms with van der Waals surface area (Å²) in [5, 5.41) is 8.66. The van der Waals surface area contributed by atoms with Crippen LogP contribution in [0.2, 0.25) is 5.02 Å². The predicted molar refractivity (Wildman–Crippen MR) is 107 cm³/mol. The number of methoxy groups -OCH3 is 1. The van der Waals surface area contributed by atoms with Gasteiger partial charge in [-0.3, -0.25) is 9.59 Å². The molecule has 1 heterocycles. The Morgan fingerprint density at radius 1 is 1.15 bits per heavy atom. The third kappa shape index (κ3) is 4.45. The molecule has 7 nitrogen and oxygen atoms in total. The third-order valence-electron chi connectivity index (χ3n) is 4.91. The normalized spacial score (nSPS) is 17.6. The van der Waals surface area contributed by atoms with Crippen LogP contribution < -0.4 is 9.64 Å². The van der Waals surface area contributed by atoms with Gasteiger partial charge in [0.15, 0.2) is 0 Å². The summed E-state index contributed by atoms with van der Waals surface area (Å²) < 4.78 is 66.3. The van der Waals surface area contributed by atoms with Crippen LogP contribution in [0.1, 0.15) is 29.5 Å². The first kappa shape index (κ1) is 24.3. The highest BCUT2D eigenvalue weighted by molar-refractivity contribution is 6.31. The fraction of sp³-hybridized carbons (Fsp3) is 0.286. The van der Waals surface area contributed by atoms with Crippen LogP contribution in [0.3, 0.4) is 0 Å². The van der Waals surface area contributed by atoms with Crippen molar-refractivity contribution in [2.75, 3.05) is 18.6 Å². The highest BCUT2D eigenvalue weighted by Gasteiger charge is 2.57. The highest BCUT2D eigenvalue weighted by atomic mass is 35.5. The first-order valence-corrected chi connectivity index (χ1v) is 9.76. The van der Waals surface area contributed by atoms with E-state index in [1.807, 2.05) is 0 Å². The molecule has 0 saturated carbocycles. The maximum Gasteiger partial charge on any atom is 0.421 e. The molecule has 0 radical (unpaired) electrons. The van der Waals surface area contributed by atoms with Crippen molar-refractivity contribution in [3.05, 3.63) is 58.1 Å². The Morgan fingerprint density at radius 2 is 1.85 bits per heavy atom. The van der Waals surface area contributed by atoms with Gasteiger partial charge in [0.1, 0.15) is 5.75 Å². The second-order valence-corrected chi connectivity index (χ2v) is 7.42. The molecule has 2 amide bonds. The van der Waals surface area contributed by atoms with Gasteiger partial charge in [0, 0.05) is 22.6 Å². The zero-order valence-electron chi connectivity index (χ0n) is 16.9. The van der Waals surface area contributed by atoms with Crippen LogP contribution in [0.4, 0.5) is 28.0 Å². The maximum absolute atomic E-state index is 16.5. The van der Waals surface area contributed by atoms with Gasteiger partial charge in [0.2, 0.25) is 5.67 Å². The summed E-state index contributed by atoms with van der Waals surface area (Å²) in [4.78, 5) is 36.5. The SMILES string of the molecule is COc1ccc(Cl)cc1[C@]1(F)C(=O)N(C(=O)OCCCC(=O)O)c2cc(C(F)(F)F)ccc21. The Hall–Kier alpha value is -3.34. The largest absolute Gasteiger partial charge is 0.496 e. The van der Waals surface area contributed by atoms with Gasteiger partial charge in [-0.25, -0.2) is 14.1 Å². The van der Waals surface area contributed by atoms with Crippen LogP contribution >= 0.6 is 11.6 Å². The zero-order valence-corrected chi connectivity index (χ0v) is 17.7. The van der Waals surface area contributed by atoms with E-state index in [2.05, 4.69) is 0 Å². The molecule has 3 rings (SSSR count). The molecule has 0 aliphatic carbocycles. The van der Waals surface area contributed by atoms with Gasteiger partial charge in [-0.15, -0.1) is 0 Å². The van der Waals surface area contributed by atoms with Crippen molar-refractivity contribution in [3.8, 4) is 5.75 Å². The molecule has 0 bridgehead atoms. The average Bonchev–Trinajstić information content (AvgIpc) is 2.97. The number of carboxylic acid groups (broad SMARTS) is 1. The third-order valence-corrected chi connectivity index (χ3v) is 5.15. The molecular formula is C21H16ClF4NO6. The fourth-order valence-corrected chi connectivity index (χ4v) is 3.57. The number of carbonyl (C=O) groups is 3. The summed E-state index contributed by atoms with van der Waals surface area (Å²) in [5.74, 6) is -2.82. The van der Waals surface area contributed by atoms with Crippen LogP contribution in [0.15, 0.2) is 36.4 Å². The molecule has 176 valence electrons. The van der Waals surface area contributed by atoms with E-state index in [4.69, 9.17) is 26.2 Å². The number of anilines is 1. The van der Waals surface area contributed by atoms with E-state index in [9.17, 15) is 27.6 Å². The minimum absolute atomic E-state index is 0.0128. The van der Waals surface area contributed by atoms with Gasteiger partial charge >= 0.3 is 18.2 Å².